The van der Waals surface area contributed by atoms with Gasteiger partial charge in [0.2, 0.25) is 0 Å². The van der Waals surface area contributed by atoms with Crippen molar-refractivity contribution in [1.29, 1.82) is 0 Å². The fourth-order valence-electron chi connectivity index (χ4n) is 2.77. The predicted octanol–water partition coefficient (Wildman–Crippen LogP) is 3.33. The number of phenols is 1. The highest BCUT2D eigenvalue weighted by molar-refractivity contribution is 5.89. The smallest absolute Gasteiger partial charge is 0.338 e. The summed E-state index contributed by atoms with van der Waals surface area (Å²) in [4.78, 5) is 11.0. The molecule has 1 aliphatic carbocycles. The molecule has 0 radical (unpaired) electrons. The third-order valence-corrected chi connectivity index (χ3v) is 3.78. The summed E-state index contributed by atoms with van der Waals surface area (Å²) < 4.78 is 13.4. The molecule has 2 aromatic carbocycles. The zero-order valence-electron chi connectivity index (χ0n) is 11.1. The number of anilines is 1. The first-order valence-electron chi connectivity index (χ1n) is 6.66. The van der Waals surface area contributed by atoms with E-state index in [2.05, 4.69) is 5.32 Å². The number of carbonyl (C=O) groups is 1. The number of rotatable bonds is 3. The highest BCUT2D eigenvalue weighted by Crippen LogP contribution is 2.38. The molecule has 0 aliphatic heterocycles. The molecule has 3 N–H and O–H groups in total. The lowest BCUT2D eigenvalue weighted by molar-refractivity contribution is 0.0692. The summed E-state index contributed by atoms with van der Waals surface area (Å²) in [5.74, 6) is -1.76. The molecule has 3 rings (SSSR count). The van der Waals surface area contributed by atoms with E-state index in [1.54, 1.807) is 12.1 Å². The minimum absolute atomic E-state index is 0.0146. The summed E-state index contributed by atoms with van der Waals surface area (Å²) in [6, 6.07) is 9.30. The van der Waals surface area contributed by atoms with Crippen LogP contribution < -0.4 is 5.32 Å². The van der Waals surface area contributed by atoms with Crippen LogP contribution in [0.5, 0.6) is 5.75 Å². The van der Waals surface area contributed by atoms with Crippen LogP contribution in [-0.2, 0) is 6.42 Å². The number of benzene rings is 2. The molecule has 0 aromatic heterocycles. The Balaban J connectivity index is 1.88. The van der Waals surface area contributed by atoms with Crippen molar-refractivity contribution in [3.05, 3.63) is 58.9 Å². The fraction of sp³-hybridized carbons (Fsp3) is 0.188. The molecule has 21 heavy (non-hydrogen) atoms. The van der Waals surface area contributed by atoms with Gasteiger partial charge in [-0.3, -0.25) is 0 Å². The molecule has 4 nitrogen and oxygen atoms in total. The molecule has 0 fully saturated rings. The summed E-state index contributed by atoms with van der Waals surface area (Å²) in [7, 11) is 0. The van der Waals surface area contributed by atoms with Gasteiger partial charge in [-0.15, -0.1) is 0 Å². The lowest BCUT2D eigenvalue weighted by atomic mass is 10.1. The molecule has 0 heterocycles. The van der Waals surface area contributed by atoms with E-state index in [0.717, 1.165) is 30.0 Å². The van der Waals surface area contributed by atoms with E-state index in [-0.39, 0.29) is 17.4 Å². The summed E-state index contributed by atoms with van der Waals surface area (Å²) in [5, 5.41) is 22.0. The number of hydrogen-bond acceptors (Lipinski definition) is 3. The fourth-order valence-corrected chi connectivity index (χ4v) is 2.77. The molecule has 5 heteroatoms. The molecule has 1 aliphatic rings. The van der Waals surface area contributed by atoms with Crippen molar-refractivity contribution in [2.24, 2.45) is 0 Å². The van der Waals surface area contributed by atoms with E-state index in [0.29, 0.717) is 5.69 Å². The van der Waals surface area contributed by atoms with Crippen LogP contribution in [0.4, 0.5) is 10.1 Å². The first-order chi connectivity index (χ1) is 10.1. The van der Waals surface area contributed by atoms with Crippen molar-refractivity contribution in [2.45, 2.75) is 18.9 Å². The third kappa shape index (κ3) is 2.42. The zero-order valence-corrected chi connectivity index (χ0v) is 11.1. The highest BCUT2D eigenvalue weighted by Gasteiger charge is 2.24. The second-order valence-corrected chi connectivity index (χ2v) is 5.08. The number of fused-ring (bicyclic) bond motifs is 1. The minimum atomic E-state index is -1.29. The van der Waals surface area contributed by atoms with E-state index in [1.807, 2.05) is 6.07 Å². The average Bonchev–Trinajstić information content (AvgIpc) is 2.85. The van der Waals surface area contributed by atoms with Gasteiger partial charge in [0.1, 0.15) is 11.6 Å². The van der Waals surface area contributed by atoms with E-state index >= 15 is 0 Å². The van der Waals surface area contributed by atoms with Crippen molar-refractivity contribution in [1.82, 2.24) is 0 Å². The van der Waals surface area contributed by atoms with Crippen LogP contribution >= 0.6 is 0 Å². The molecule has 0 bridgehead atoms. The van der Waals surface area contributed by atoms with Crippen LogP contribution in [0.3, 0.4) is 0 Å². The van der Waals surface area contributed by atoms with E-state index in [9.17, 15) is 14.3 Å². The minimum Gasteiger partial charge on any atom is -0.508 e. The average molecular weight is 287 g/mol. The number of hydrogen-bond donors (Lipinski definition) is 3. The standard InChI is InChI=1S/C16H14FNO3/c17-13-6-4-9(8-12(13)16(20)21)18-14-7-5-11-10(14)2-1-3-15(11)19/h1-4,6,8,14,18-19H,5,7H2,(H,20,21). The van der Waals surface area contributed by atoms with Crippen molar-refractivity contribution >= 4 is 11.7 Å². The topological polar surface area (TPSA) is 69.6 Å². The van der Waals surface area contributed by atoms with Crippen molar-refractivity contribution in [3.63, 3.8) is 0 Å². The molecule has 0 amide bonds. The molecular formula is C16H14FNO3. The van der Waals surface area contributed by atoms with Gasteiger partial charge < -0.3 is 15.5 Å². The third-order valence-electron chi connectivity index (χ3n) is 3.78. The van der Waals surface area contributed by atoms with E-state index in [4.69, 9.17) is 5.11 Å². The van der Waals surface area contributed by atoms with E-state index in [1.165, 1.54) is 12.1 Å². The monoisotopic (exact) mass is 287 g/mol. The van der Waals surface area contributed by atoms with Crippen LogP contribution in [0.15, 0.2) is 36.4 Å². The van der Waals surface area contributed by atoms with Crippen molar-refractivity contribution in [3.8, 4) is 5.75 Å². The number of aromatic carboxylic acids is 1. The van der Waals surface area contributed by atoms with Gasteiger partial charge in [0.05, 0.1) is 11.6 Å². The Kier molecular flexibility index (Phi) is 3.25. The van der Waals surface area contributed by atoms with Gasteiger partial charge in [-0.25, -0.2) is 9.18 Å². The molecule has 1 atom stereocenters. The molecule has 0 spiro atoms. The molecule has 1 unspecified atom stereocenters. The number of phenolic OH excluding ortho intramolecular Hbond substituents is 1. The van der Waals surface area contributed by atoms with Gasteiger partial charge in [0.15, 0.2) is 0 Å². The molecule has 0 saturated heterocycles. The summed E-state index contributed by atoms with van der Waals surface area (Å²) in [6.45, 7) is 0. The normalized spacial score (nSPS) is 16.5. The number of aromatic hydroxyl groups is 1. The largest absolute Gasteiger partial charge is 0.508 e. The summed E-state index contributed by atoms with van der Waals surface area (Å²) in [5.41, 5.74) is 2.11. The second kappa shape index (κ2) is 5.09. The lowest BCUT2D eigenvalue weighted by Gasteiger charge is -2.16. The Morgan fingerprint density at radius 1 is 1.29 bits per heavy atom. The Morgan fingerprint density at radius 3 is 2.86 bits per heavy atom. The van der Waals surface area contributed by atoms with Crippen LogP contribution in [0.2, 0.25) is 0 Å². The Morgan fingerprint density at radius 2 is 2.10 bits per heavy atom. The van der Waals surface area contributed by atoms with Gasteiger partial charge in [-0.2, -0.15) is 0 Å². The summed E-state index contributed by atoms with van der Waals surface area (Å²) in [6.07, 6.45) is 1.55. The number of carboxylic acids is 1. The predicted molar refractivity (Wildman–Crippen MR) is 76.2 cm³/mol. The van der Waals surface area contributed by atoms with Crippen molar-refractivity contribution < 1.29 is 19.4 Å². The van der Waals surface area contributed by atoms with Crippen LogP contribution in [0.1, 0.15) is 33.9 Å². The molecule has 2 aromatic rings. The van der Waals surface area contributed by atoms with Gasteiger partial charge >= 0.3 is 5.97 Å². The number of nitrogens with one attached hydrogen (secondary N) is 1. The Hall–Kier alpha value is -2.56. The van der Waals surface area contributed by atoms with Crippen LogP contribution in [-0.4, -0.2) is 16.2 Å². The highest BCUT2D eigenvalue weighted by atomic mass is 19.1. The lowest BCUT2D eigenvalue weighted by Crippen LogP contribution is -2.09. The molecule has 0 saturated carbocycles. The maximum Gasteiger partial charge on any atom is 0.338 e. The van der Waals surface area contributed by atoms with Crippen LogP contribution in [0.25, 0.3) is 0 Å². The van der Waals surface area contributed by atoms with Gasteiger partial charge in [0, 0.05) is 5.69 Å². The zero-order chi connectivity index (χ0) is 15.0. The molecule has 108 valence electrons. The van der Waals surface area contributed by atoms with E-state index < -0.39 is 11.8 Å². The SMILES string of the molecule is O=C(O)c1cc(NC2CCc3c(O)cccc32)ccc1F. The first kappa shape index (κ1) is 13.4. The molecular weight excluding hydrogens is 273 g/mol. The van der Waals surface area contributed by atoms with Crippen molar-refractivity contribution in [2.75, 3.05) is 5.32 Å². The maximum absolute atomic E-state index is 13.4. The Bertz CT molecular complexity index is 715. The first-order valence-corrected chi connectivity index (χ1v) is 6.66. The van der Waals surface area contributed by atoms with Crippen LogP contribution in [0, 0.1) is 5.82 Å². The maximum atomic E-state index is 13.4. The van der Waals surface area contributed by atoms with Gasteiger partial charge in [0.25, 0.3) is 0 Å². The van der Waals surface area contributed by atoms with Gasteiger partial charge in [-0.1, -0.05) is 12.1 Å². The van der Waals surface area contributed by atoms with Gasteiger partial charge in [-0.05, 0) is 48.2 Å². The number of carboxylic acid groups (broad SMARTS) is 1. The number of halogens is 1. The second-order valence-electron chi connectivity index (χ2n) is 5.08. The summed E-state index contributed by atoms with van der Waals surface area (Å²) >= 11 is 0. The Labute approximate surface area is 120 Å². The quantitative estimate of drug-likeness (QED) is 0.810.